The number of alkyl halides is 1. The molecular weight excluding hydrogens is 611 g/mol. The van der Waals surface area contributed by atoms with Crippen molar-refractivity contribution < 1.29 is 52.0 Å². The first-order valence-corrected chi connectivity index (χ1v) is 14.7. The molecule has 10 nitrogen and oxygen atoms in total. The fourth-order valence-corrected chi connectivity index (χ4v) is 4.90. The number of halogens is 1. The smallest absolute Gasteiger partial charge is 0.338 e. The Bertz CT molecular complexity index is 1640. The largest absolute Gasteiger partial charge is 0.459 e. The van der Waals surface area contributed by atoms with E-state index < -0.39 is 67.4 Å². The molecule has 0 saturated carbocycles. The van der Waals surface area contributed by atoms with Crippen LogP contribution in [0.5, 0.6) is 0 Å². The van der Waals surface area contributed by atoms with E-state index in [4.69, 9.17) is 28.4 Å². The number of hydrogen-bond acceptors (Lipinski definition) is 10. The summed E-state index contributed by atoms with van der Waals surface area (Å²) in [6.45, 7) is -0.591. The van der Waals surface area contributed by atoms with Crippen molar-refractivity contribution in [1.29, 1.82) is 0 Å². The summed E-state index contributed by atoms with van der Waals surface area (Å²) in [5.41, 5.74) is 0.498. The molecule has 4 aromatic rings. The first-order valence-electron chi connectivity index (χ1n) is 14.7. The Morgan fingerprint density at radius 3 is 1.32 bits per heavy atom. The van der Waals surface area contributed by atoms with E-state index in [0.29, 0.717) is 0 Å². The maximum atomic E-state index is 16.5. The lowest BCUT2D eigenvalue weighted by atomic mass is 10.00. The Kier molecular flexibility index (Phi) is 11.1. The number of esters is 4. The molecule has 0 aromatic heterocycles. The second-order valence-corrected chi connectivity index (χ2v) is 10.4. The lowest BCUT2D eigenvalue weighted by Gasteiger charge is -2.33. The quantitative estimate of drug-likeness (QED) is 0.168. The van der Waals surface area contributed by atoms with Crippen LogP contribution in [-0.4, -0.2) is 74.5 Å². The summed E-state index contributed by atoms with van der Waals surface area (Å²) in [6, 6.07) is 31.5. The van der Waals surface area contributed by atoms with Crippen molar-refractivity contribution in [3.8, 4) is 0 Å². The molecule has 11 heteroatoms. The van der Waals surface area contributed by atoms with Gasteiger partial charge in [0, 0.05) is 7.11 Å². The van der Waals surface area contributed by atoms with Gasteiger partial charge in [0.15, 0.2) is 30.8 Å². The Morgan fingerprint density at radius 2 is 0.915 bits per heavy atom. The molecule has 0 amide bonds. The van der Waals surface area contributed by atoms with Crippen LogP contribution >= 0.6 is 0 Å². The van der Waals surface area contributed by atoms with E-state index in [2.05, 4.69) is 0 Å². The van der Waals surface area contributed by atoms with Crippen molar-refractivity contribution in [2.24, 2.45) is 0 Å². The fourth-order valence-electron chi connectivity index (χ4n) is 4.90. The summed E-state index contributed by atoms with van der Waals surface area (Å²) in [5, 5.41) is 0. The number of methoxy groups -OCH3 is 1. The number of carbonyl (C=O) groups excluding carboxylic acids is 4. The van der Waals surface area contributed by atoms with E-state index in [9.17, 15) is 19.2 Å². The molecule has 47 heavy (non-hydrogen) atoms. The van der Waals surface area contributed by atoms with Crippen LogP contribution in [0.4, 0.5) is 4.39 Å². The minimum atomic E-state index is -2.27. The van der Waals surface area contributed by atoms with Gasteiger partial charge in [0.2, 0.25) is 0 Å². The van der Waals surface area contributed by atoms with Crippen molar-refractivity contribution in [1.82, 2.24) is 0 Å². The third-order valence-corrected chi connectivity index (χ3v) is 7.28. The molecule has 2 unspecified atom stereocenters. The van der Waals surface area contributed by atoms with Gasteiger partial charge in [-0.2, -0.15) is 0 Å². The maximum absolute atomic E-state index is 16.5. The molecule has 1 aliphatic rings. The molecule has 0 bridgehead atoms. The summed E-state index contributed by atoms with van der Waals surface area (Å²) < 4.78 is 50.5. The zero-order chi connectivity index (χ0) is 33.2. The third-order valence-electron chi connectivity index (χ3n) is 7.28. The monoisotopic (exact) mass is 642 g/mol. The lowest BCUT2D eigenvalue weighted by Crippen LogP contribution is -2.53. The second-order valence-electron chi connectivity index (χ2n) is 10.4. The van der Waals surface area contributed by atoms with Crippen LogP contribution in [0.3, 0.4) is 0 Å². The molecule has 1 fully saturated rings. The highest BCUT2D eigenvalue weighted by Crippen LogP contribution is 2.32. The van der Waals surface area contributed by atoms with Crippen molar-refractivity contribution in [2.45, 2.75) is 36.9 Å². The zero-order valence-corrected chi connectivity index (χ0v) is 25.2. The van der Waals surface area contributed by atoms with E-state index in [1.165, 1.54) is 48.5 Å². The number of carbonyl (C=O) groups is 4. The number of benzene rings is 4. The Hall–Kier alpha value is -5.39. The van der Waals surface area contributed by atoms with Crippen LogP contribution in [0.1, 0.15) is 41.4 Å². The normalized spacial score (nSPS) is 22.3. The predicted octanol–water partition coefficient (Wildman–Crippen LogP) is 5.23. The predicted molar refractivity (Wildman–Crippen MR) is 164 cm³/mol. The summed E-state index contributed by atoms with van der Waals surface area (Å²) >= 11 is 0. The molecule has 0 spiro atoms. The summed E-state index contributed by atoms with van der Waals surface area (Å²) in [4.78, 5) is 53.1. The highest BCUT2D eigenvalue weighted by molar-refractivity contribution is 5.91. The van der Waals surface area contributed by atoms with Crippen LogP contribution in [-0.2, 0) is 28.4 Å². The first kappa shape index (κ1) is 33.0. The minimum absolute atomic E-state index is 0.0816. The van der Waals surface area contributed by atoms with Crippen molar-refractivity contribution >= 4 is 23.9 Å². The molecule has 1 aliphatic heterocycles. The summed E-state index contributed by atoms with van der Waals surface area (Å²) in [6.07, 6.45) is -10.9. The molecule has 4 aromatic carbocycles. The van der Waals surface area contributed by atoms with Gasteiger partial charge in [-0.15, -0.1) is 0 Å². The third kappa shape index (κ3) is 8.26. The summed E-state index contributed by atoms with van der Waals surface area (Å²) in [7, 11) is 1.15. The number of rotatable bonds is 10. The van der Waals surface area contributed by atoms with Crippen molar-refractivity contribution in [3.05, 3.63) is 144 Å². The van der Waals surface area contributed by atoms with Gasteiger partial charge in [-0.3, -0.25) is 0 Å². The molecule has 0 aliphatic carbocycles. The van der Waals surface area contributed by atoms with Crippen molar-refractivity contribution in [2.75, 3.05) is 13.7 Å². The van der Waals surface area contributed by atoms with Crippen LogP contribution in [0.2, 0.25) is 0 Å². The Morgan fingerprint density at radius 1 is 0.553 bits per heavy atom. The molecule has 6 atom stereocenters. The standard InChI is InChI=1S/C36H31FO10/c1-42-36-28(37)30(46-34(40)25-18-10-4-11-19-25)31(47-35(41)26-20-12-5-13-21-26)29(45-33(39)24-16-8-3-9-17-24)27(44-36)22-43-32(38)23-14-6-2-7-15-23/h2-21,27-31,36H,22H2,1H3/t27?,28-,29+,30?,31+,36+/m0/s1. The van der Waals surface area contributed by atoms with Gasteiger partial charge in [-0.05, 0) is 48.5 Å². The van der Waals surface area contributed by atoms with E-state index >= 15 is 4.39 Å². The van der Waals surface area contributed by atoms with Gasteiger partial charge >= 0.3 is 23.9 Å². The average Bonchev–Trinajstić information content (AvgIpc) is 3.22. The molecule has 242 valence electrons. The van der Waals surface area contributed by atoms with Gasteiger partial charge in [-0.25, -0.2) is 23.6 Å². The van der Waals surface area contributed by atoms with E-state index in [0.717, 1.165) is 7.11 Å². The molecule has 0 radical (unpaired) electrons. The highest BCUT2D eigenvalue weighted by Gasteiger charge is 2.54. The number of hydrogen-bond donors (Lipinski definition) is 0. The van der Waals surface area contributed by atoms with Crippen LogP contribution in [0.15, 0.2) is 121 Å². The molecule has 0 N–H and O–H groups in total. The fraction of sp³-hybridized carbons (Fsp3) is 0.222. The van der Waals surface area contributed by atoms with Gasteiger partial charge in [0.25, 0.3) is 0 Å². The first-order chi connectivity index (χ1) is 22.9. The minimum Gasteiger partial charge on any atom is -0.459 e. The Balaban J connectivity index is 1.56. The topological polar surface area (TPSA) is 124 Å². The molecule has 1 heterocycles. The molecule has 5 rings (SSSR count). The highest BCUT2D eigenvalue weighted by atomic mass is 19.1. The SMILES string of the molecule is CO[C@@H]1OC(COC(=O)c2ccccc2)[C@@H](OC(=O)c2ccccc2)[C@@H](OC(=O)c2ccccc2)C(OC(=O)c2ccccc2)[C@@H]1F. The van der Waals surface area contributed by atoms with E-state index in [1.807, 2.05) is 0 Å². The second kappa shape index (κ2) is 15.7. The van der Waals surface area contributed by atoms with Crippen molar-refractivity contribution in [3.63, 3.8) is 0 Å². The van der Waals surface area contributed by atoms with E-state index in [-0.39, 0.29) is 22.3 Å². The van der Waals surface area contributed by atoms with Crippen LogP contribution < -0.4 is 0 Å². The molecule has 1 saturated heterocycles. The Labute approximate surface area is 269 Å². The summed E-state index contributed by atoms with van der Waals surface area (Å²) in [5.74, 6) is -3.52. The lowest BCUT2D eigenvalue weighted by molar-refractivity contribution is -0.207. The van der Waals surface area contributed by atoms with Gasteiger partial charge in [0.1, 0.15) is 12.7 Å². The van der Waals surface area contributed by atoms with Gasteiger partial charge in [-0.1, -0.05) is 72.8 Å². The van der Waals surface area contributed by atoms with E-state index in [1.54, 1.807) is 72.8 Å². The maximum Gasteiger partial charge on any atom is 0.338 e. The number of ether oxygens (including phenoxy) is 6. The molecular formula is C36H31FO10. The van der Waals surface area contributed by atoms with Crippen LogP contribution in [0, 0.1) is 0 Å². The average molecular weight is 643 g/mol. The zero-order valence-electron chi connectivity index (χ0n) is 25.2. The van der Waals surface area contributed by atoms with Gasteiger partial charge in [0.05, 0.1) is 22.3 Å². The van der Waals surface area contributed by atoms with Crippen LogP contribution in [0.25, 0.3) is 0 Å². The van der Waals surface area contributed by atoms with Gasteiger partial charge < -0.3 is 28.4 Å².